The lowest BCUT2D eigenvalue weighted by Gasteiger charge is -2.25. The van der Waals surface area contributed by atoms with Crippen LogP contribution in [0.2, 0.25) is 0 Å². The Morgan fingerprint density at radius 2 is 1.15 bits per heavy atom. The Bertz CT molecular complexity index is 845. The highest BCUT2D eigenvalue weighted by Crippen LogP contribution is 2.43. The quantitative estimate of drug-likeness (QED) is 0.0263. The predicted octanol–water partition coefficient (Wildman–Crippen LogP) is 10.2. The molecule has 0 aromatic rings. The Morgan fingerprint density at radius 1 is 0.688 bits per heavy atom. The Labute approximate surface area is 296 Å². The number of allylic oxidation sites excluding steroid dienone is 3. The summed E-state index contributed by atoms with van der Waals surface area (Å²) in [6.07, 6.45) is 35.2. The molecule has 9 heteroatoms. The number of aliphatic hydroxyl groups excluding tert-OH is 1. The van der Waals surface area contributed by atoms with E-state index in [1.807, 2.05) is 27.2 Å². The summed E-state index contributed by atoms with van der Waals surface area (Å²) in [4.78, 5) is 23.0. The fourth-order valence-corrected chi connectivity index (χ4v) is 6.20. The molecule has 0 heterocycles. The maximum absolute atomic E-state index is 12.8. The SMILES string of the molecule is CCCCCCCC/C=C/CC/C=C/C(O)C(COP(=O)(O)OCC[N+](C)(C)C)NC(=O)CCCCCCCCCCCCCCCC. The number of unbranched alkanes of at least 4 members (excludes halogenated alkanes) is 20. The van der Waals surface area contributed by atoms with Gasteiger partial charge in [0.15, 0.2) is 0 Å². The first-order chi connectivity index (χ1) is 23.0. The van der Waals surface area contributed by atoms with E-state index in [0.717, 1.165) is 38.5 Å². The monoisotopic (exact) mass is 702 g/mol. The lowest BCUT2D eigenvalue weighted by atomic mass is 10.0. The van der Waals surface area contributed by atoms with E-state index < -0.39 is 20.0 Å². The molecule has 0 fully saturated rings. The zero-order chi connectivity index (χ0) is 35.8. The molecule has 0 saturated carbocycles. The van der Waals surface area contributed by atoms with Crippen molar-refractivity contribution in [3.8, 4) is 0 Å². The average Bonchev–Trinajstić information content (AvgIpc) is 3.02. The molecule has 0 bridgehead atoms. The van der Waals surface area contributed by atoms with Gasteiger partial charge in [-0.05, 0) is 32.1 Å². The van der Waals surface area contributed by atoms with Crippen LogP contribution in [0.25, 0.3) is 0 Å². The van der Waals surface area contributed by atoms with Gasteiger partial charge in [-0.25, -0.2) is 4.57 Å². The summed E-state index contributed by atoms with van der Waals surface area (Å²) in [6, 6.07) is -0.855. The van der Waals surface area contributed by atoms with Crippen LogP contribution in [0.3, 0.4) is 0 Å². The number of hydrogen-bond donors (Lipinski definition) is 3. The minimum absolute atomic E-state index is 0.0578. The number of hydrogen-bond acceptors (Lipinski definition) is 5. The van der Waals surface area contributed by atoms with E-state index in [2.05, 4.69) is 31.3 Å². The van der Waals surface area contributed by atoms with Gasteiger partial charge < -0.3 is 19.8 Å². The molecule has 8 nitrogen and oxygen atoms in total. The van der Waals surface area contributed by atoms with Crippen molar-refractivity contribution in [3.63, 3.8) is 0 Å². The van der Waals surface area contributed by atoms with Gasteiger partial charge in [0.25, 0.3) is 0 Å². The third kappa shape index (κ3) is 33.5. The summed E-state index contributed by atoms with van der Waals surface area (Å²) in [5.41, 5.74) is 0. The highest BCUT2D eigenvalue weighted by molar-refractivity contribution is 7.47. The number of carbonyl (C=O) groups is 1. The first-order valence-corrected chi connectivity index (χ1v) is 21.2. The first kappa shape index (κ1) is 47.0. The van der Waals surface area contributed by atoms with E-state index in [1.54, 1.807) is 6.08 Å². The van der Waals surface area contributed by atoms with Crippen molar-refractivity contribution in [1.29, 1.82) is 0 Å². The van der Waals surface area contributed by atoms with Gasteiger partial charge in [-0.3, -0.25) is 13.8 Å². The van der Waals surface area contributed by atoms with Gasteiger partial charge in [-0.1, -0.05) is 154 Å². The largest absolute Gasteiger partial charge is 0.472 e. The fraction of sp³-hybridized carbons (Fsp3) is 0.872. The van der Waals surface area contributed by atoms with Gasteiger partial charge in [0.1, 0.15) is 13.2 Å². The third-order valence-corrected chi connectivity index (χ3v) is 9.66. The third-order valence-electron chi connectivity index (χ3n) is 8.67. The highest BCUT2D eigenvalue weighted by atomic mass is 31.2. The molecule has 0 aliphatic heterocycles. The number of carbonyl (C=O) groups excluding carboxylic acids is 1. The van der Waals surface area contributed by atoms with Crippen LogP contribution in [0.4, 0.5) is 0 Å². The van der Waals surface area contributed by atoms with Crippen molar-refractivity contribution in [2.24, 2.45) is 0 Å². The molecule has 0 aliphatic rings. The summed E-state index contributed by atoms with van der Waals surface area (Å²) < 4.78 is 23.4. The van der Waals surface area contributed by atoms with Gasteiger partial charge in [0, 0.05) is 6.42 Å². The molecule has 0 aromatic carbocycles. The minimum atomic E-state index is -4.33. The second-order valence-corrected chi connectivity index (χ2v) is 16.1. The molecule has 3 N–H and O–H groups in total. The van der Waals surface area contributed by atoms with E-state index in [4.69, 9.17) is 9.05 Å². The topological polar surface area (TPSA) is 105 Å². The number of phosphoric acid groups is 1. The number of phosphoric ester groups is 1. The molecule has 3 atom stereocenters. The number of likely N-dealkylation sites (N-methyl/N-ethyl adjacent to an activating group) is 1. The normalized spacial score (nSPS) is 14.9. The summed E-state index contributed by atoms with van der Waals surface area (Å²) >= 11 is 0. The number of rotatable bonds is 35. The number of aliphatic hydroxyl groups is 1. The Kier molecular flexibility index (Phi) is 31.2. The molecule has 48 heavy (non-hydrogen) atoms. The Morgan fingerprint density at radius 3 is 1.67 bits per heavy atom. The smallest absolute Gasteiger partial charge is 0.387 e. The van der Waals surface area contributed by atoms with Crippen LogP contribution in [-0.2, 0) is 18.4 Å². The lowest BCUT2D eigenvalue weighted by molar-refractivity contribution is -0.870. The molecule has 0 rings (SSSR count). The molecule has 3 unspecified atom stereocenters. The summed E-state index contributed by atoms with van der Waals surface area (Å²) in [7, 11) is 1.56. The predicted molar refractivity (Wildman–Crippen MR) is 203 cm³/mol. The second-order valence-electron chi connectivity index (χ2n) is 14.7. The molecule has 1 amide bonds. The van der Waals surface area contributed by atoms with Gasteiger partial charge in [0.2, 0.25) is 5.91 Å². The van der Waals surface area contributed by atoms with Crippen molar-refractivity contribution in [2.45, 2.75) is 180 Å². The highest BCUT2D eigenvalue weighted by Gasteiger charge is 2.27. The van der Waals surface area contributed by atoms with Gasteiger partial charge in [-0.15, -0.1) is 0 Å². The van der Waals surface area contributed by atoms with Gasteiger partial charge in [0.05, 0.1) is 39.9 Å². The summed E-state index contributed by atoms with van der Waals surface area (Å²) in [5.74, 6) is -0.189. The lowest BCUT2D eigenvalue weighted by Crippen LogP contribution is -2.45. The molecule has 0 aromatic heterocycles. The van der Waals surface area contributed by atoms with E-state index >= 15 is 0 Å². The van der Waals surface area contributed by atoms with Crippen molar-refractivity contribution in [3.05, 3.63) is 24.3 Å². The standard InChI is InChI=1S/C39H77N2O6P/c1-6-8-10-12-14-16-18-20-21-23-25-27-29-31-33-39(43)40-37(36-47-48(44,45)46-35-34-41(3,4)5)38(42)32-30-28-26-24-22-19-17-15-13-11-9-7-2/h22,24,30,32,37-38,42H,6-21,23,25-29,31,33-36H2,1-5H3,(H-,40,43,44,45)/p+1/b24-22+,32-30+. The maximum Gasteiger partial charge on any atom is 0.472 e. The van der Waals surface area contributed by atoms with Gasteiger partial charge in [-0.2, -0.15) is 0 Å². The Hall–Kier alpha value is -1.02. The molecule has 0 radical (unpaired) electrons. The van der Waals surface area contributed by atoms with Crippen LogP contribution >= 0.6 is 7.82 Å². The van der Waals surface area contributed by atoms with Crippen LogP contribution in [0.1, 0.15) is 168 Å². The molecular formula is C39H78N2O6P+. The fourth-order valence-electron chi connectivity index (χ4n) is 5.47. The number of nitrogens with one attached hydrogen (secondary N) is 1. The maximum atomic E-state index is 12.8. The van der Waals surface area contributed by atoms with Crippen LogP contribution in [0, 0.1) is 0 Å². The number of amides is 1. The second kappa shape index (κ2) is 31.9. The van der Waals surface area contributed by atoms with Crippen LogP contribution in [-0.4, -0.2) is 73.4 Å². The number of quaternary nitrogens is 1. The zero-order valence-corrected chi connectivity index (χ0v) is 32.9. The Balaban J connectivity index is 4.54. The molecule has 0 aliphatic carbocycles. The van der Waals surface area contributed by atoms with Crippen LogP contribution in [0.5, 0.6) is 0 Å². The van der Waals surface area contributed by atoms with Crippen molar-refractivity contribution in [2.75, 3.05) is 40.9 Å². The summed E-state index contributed by atoms with van der Waals surface area (Å²) in [6.45, 7) is 4.76. The van der Waals surface area contributed by atoms with E-state index in [1.165, 1.54) is 109 Å². The summed E-state index contributed by atoms with van der Waals surface area (Å²) in [5, 5.41) is 13.7. The average molecular weight is 702 g/mol. The van der Waals surface area contributed by atoms with Gasteiger partial charge >= 0.3 is 7.82 Å². The van der Waals surface area contributed by atoms with Crippen molar-refractivity contribution in [1.82, 2.24) is 5.32 Å². The molecular weight excluding hydrogens is 623 g/mol. The minimum Gasteiger partial charge on any atom is -0.387 e. The van der Waals surface area contributed by atoms with E-state index in [0.29, 0.717) is 17.4 Å². The zero-order valence-electron chi connectivity index (χ0n) is 32.0. The number of nitrogens with zero attached hydrogens (tertiary/aromatic N) is 1. The van der Waals surface area contributed by atoms with E-state index in [-0.39, 0.29) is 19.1 Å². The molecule has 284 valence electrons. The van der Waals surface area contributed by atoms with E-state index in [9.17, 15) is 19.4 Å². The molecule has 0 spiro atoms. The van der Waals surface area contributed by atoms with Crippen LogP contribution in [0.15, 0.2) is 24.3 Å². The van der Waals surface area contributed by atoms with Crippen molar-refractivity contribution < 1.29 is 32.9 Å². The molecule has 0 saturated heterocycles. The first-order valence-electron chi connectivity index (χ1n) is 19.7. The van der Waals surface area contributed by atoms with Crippen LogP contribution < -0.4 is 5.32 Å². The van der Waals surface area contributed by atoms with Crippen molar-refractivity contribution >= 4 is 13.7 Å².